The lowest BCUT2D eigenvalue weighted by Gasteiger charge is -2.15. The predicted octanol–water partition coefficient (Wildman–Crippen LogP) is 2.79. The highest BCUT2D eigenvalue weighted by atomic mass is 16.5. The molecule has 31 heavy (non-hydrogen) atoms. The van der Waals surface area contributed by atoms with Gasteiger partial charge in [-0.15, -0.1) is 0 Å². The molecule has 0 aliphatic rings. The fourth-order valence-corrected chi connectivity index (χ4v) is 2.82. The van der Waals surface area contributed by atoms with Crippen LogP contribution in [0.1, 0.15) is 16.9 Å². The van der Waals surface area contributed by atoms with Crippen LogP contribution >= 0.6 is 0 Å². The van der Waals surface area contributed by atoms with Gasteiger partial charge in [0.15, 0.2) is 6.19 Å². The van der Waals surface area contributed by atoms with Crippen molar-refractivity contribution in [1.29, 1.82) is 5.26 Å². The third-order valence-electron chi connectivity index (χ3n) is 4.36. The molecule has 0 unspecified atom stereocenters. The van der Waals surface area contributed by atoms with Crippen molar-refractivity contribution in [2.75, 3.05) is 13.7 Å². The molecule has 0 radical (unpaired) electrons. The summed E-state index contributed by atoms with van der Waals surface area (Å²) in [5, 5.41) is 20.1. The number of pyridine rings is 1. The number of carbonyl (C=O) groups is 3. The molecule has 1 aromatic heterocycles. The van der Waals surface area contributed by atoms with Gasteiger partial charge in [0.2, 0.25) is 5.78 Å². The highest BCUT2D eigenvalue weighted by Crippen LogP contribution is 2.31. The molecular formula is C22H17N3O6. The number of Topliss-reactive ketones (excluding diaryl/α,β-unsaturated/α-hetero) is 1. The number of ether oxygens (including phenoxy) is 2. The molecule has 0 aliphatic heterocycles. The van der Waals surface area contributed by atoms with Crippen molar-refractivity contribution in [3.05, 3.63) is 60.4 Å². The first-order chi connectivity index (χ1) is 14.9. The topological polar surface area (TPSA) is 130 Å². The Hall–Kier alpha value is -4.45. The van der Waals surface area contributed by atoms with Crippen LogP contribution in [0.2, 0.25) is 0 Å². The molecule has 9 nitrogen and oxygen atoms in total. The summed E-state index contributed by atoms with van der Waals surface area (Å²) in [4.78, 5) is 40.5. The quantitative estimate of drug-likeness (QED) is 0.268. The lowest BCUT2D eigenvalue weighted by atomic mass is 10.1. The number of para-hydroxylation sites is 1. The first-order valence-corrected chi connectivity index (χ1v) is 9.12. The highest BCUT2D eigenvalue weighted by molar-refractivity contribution is 6.33. The molecular weight excluding hydrogens is 402 g/mol. The number of hydrogen-bond donors (Lipinski definition) is 1. The molecule has 0 saturated carbocycles. The molecule has 1 heterocycles. The number of rotatable bonds is 7. The van der Waals surface area contributed by atoms with Gasteiger partial charge in [0.05, 0.1) is 13.3 Å². The van der Waals surface area contributed by atoms with E-state index in [2.05, 4.69) is 9.72 Å². The second-order valence-corrected chi connectivity index (χ2v) is 6.34. The normalized spacial score (nSPS) is 10.2. The van der Waals surface area contributed by atoms with Crippen molar-refractivity contribution in [3.63, 3.8) is 0 Å². The van der Waals surface area contributed by atoms with E-state index >= 15 is 0 Å². The van der Waals surface area contributed by atoms with Gasteiger partial charge in [0.25, 0.3) is 5.91 Å². The molecule has 0 spiro atoms. The molecule has 1 N–H and O–H groups in total. The number of methoxy groups -OCH3 is 1. The molecule has 2 aromatic carbocycles. The molecule has 9 heteroatoms. The second-order valence-electron chi connectivity index (χ2n) is 6.34. The van der Waals surface area contributed by atoms with E-state index in [1.807, 2.05) is 6.07 Å². The summed E-state index contributed by atoms with van der Waals surface area (Å²) < 4.78 is 10.1. The minimum Gasteiger partial charge on any atom is -0.506 e. The molecule has 1 amide bonds. The van der Waals surface area contributed by atoms with Gasteiger partial charge in [-0.2, -0.15) is 5.26 Å². The average Bonchev–Trinajstić information content (AvgIpc) is 2.79. The van der Waals surface area contributed by atoms with Crippen LogP contribution in [0.25, 0.3) is 10.8 Å². The molecule has 0 fully saturated rings. The Morgan fingerprint density at radius 2 is 1.84 bits per heavy atom. The Morgan fingerprint density at radius 3 is 2.52 bits per heavy atom. The van der Waals surface area contributed by atoms with Crippen LogP contribution in [0, 0.1) is 11.5 Å². The Kier molecular flexibility index (Phi) is 6.42. The predicted molar refractivity (Wildman–Crippen MR) is 108 cm³/mol. The third-order valence-corrected chi connectivity index (χ3v) is 4.36. The first kappa shape index (κ1) is 21.3. The maximum absolute atomic E-state index is 12.9. The maximum atomic E-state index is 12.9. The number of benzene rings is 2. The summed E-state index contributed by atoms with van der Waals surface area (Å²) in [6, 6.07) is 13.7. The molecule has 156 valence electrons. The number of hydrogen-bond acceptors (Lipinski definition) is 8. The molecule has 3 aromatic rings. The van der Waals surface area contributed by atoms with E-state index in [0.717, 1.165) is 13.3 Å². The SMILES string of the molecule is COC(=O)C(=O)CCN(C#N)C(=O)c1ncc(O)c2ccc(Oc3ccccc3)cc12. The van der Waals surface area contributed by atoms with Gasteiger partial charge in [-0.3, -0.25) is 9.59 Å². The number of nitrogens with zero attached hydrogens (tertiary/aromatic N) is 3. The van der Waals surface area contributed by atoms with Gasteiger partial charge in [0, 0.05) is 23.7 Å². The zero-order valence-corrected chi connectivity index (χ0v) is 16.4. The number of carbonyl (C=O) groups excluding carboxylic acids is 3. The van der Waals surface area contributed by atoms with Crippen LogP contribution < -0.4 is 4.74 Å². The highest BCUT2D eigenvalue weighted by Gasteiger charge is 2.23. The summed E-state index contributed by atoms with van der Waals surface area (Å²) in [6.45, 7) is -0.326. The van der Waals surface area contributed by atoms with Crippen molar-refractivity contribution in [3.8, 4) is 23.4 Å². The Labute approximate surface area is 177 Å². The number of ketones is 1. The molecule has 0 atom stereocenters. The van der Waals surface area contributed by atoms with Crippen LogP contribution in [0.15, 0.2) is 54.7 Å². The summed E-state index contributed by atoms with van der Waals surface area (Å²) in [6.07, 6.45) is 2.41. The number of esters is 1. The number of fused-ring (bicyclic) bond motifs is 1. The van der Waals surface area contributed by atoms with Crippen LogP contribution in [0.4, 0.5) is 0 Å². The van der Waals surface area contributed by atoms with Gasteiger partial charge in [-0.05, 0) is 30.3 Å². The zero-order valence-electron chi connectivity index (χ0n) is 16.4. The van der Waals surface area contributed by atoms with Crippen LogP contribution in [0.3, 0.4) is 0 Å². The van der Waals surface area contributed by atoms with E-state index in [1.165, 1.54) is 6.07 Å². The fraction of sp³-hybridized carbons (Fsp3) is 0.136. The lowest BCUT2D eigenvalue weighted by molar-refractivity contribution is -0.151. The lowest BCUT2D eigenvalue weighted by Crippen LogP contribution is -2.31. The molecule has 0 bridgehead atoms. The molecule has 3 rings (SSSR count). The van der Waals surface area contributed by atoms with Crippen LogP contribution in [0.5, 0.6) is 17.2 Å². The van der Waals surface area contributed by atoms with Crippen molar-refractivity contribution in [1.82, 2.24) is 9.88 Å². The average molecular weight is 419 g/mol. The smallest absolute Gasteiger partial charge is 0.374 e. The van der Waals surface area contributed by atoms with Crippen LogP contribution in [-0.4, -0.2) is 46.3 Å². The van der Waals surface area contributed by atoms with E-state index in [9.17, 15) is 24.8 Å². The zero-order chi connectivity index (χ0) is 22.4. The Bertz CT molecular complexity index is 1190. The Morgan fingerprint density at radius 1 is 1.10 bits per heavy atom. The minimum atomic E-state index is -1.05. The molecule has 0 saturated heterocycles. The number of aromatic hydroxyl groups is 1. The monoisotopic (exact) mass is 419 g/mol. The van der Waals surface area contributed by atoms with Gasteiger partial charge in [-0.1, -0.05) is 18.2 Å². The number of nitriles is 1. The van der Waals surface area contributed by atoms with E-state index in [0.29, 0.717) is 21.8 Å². The van der Waals surface area contributed by atoms with Crippen LogP contribution in [-0.2, 0) is 14.3 Å². The summed E-state index contributed by atoms with van der Waals surface area (Å²) in [7, 11) is 1.06. The van der Waals surface area contributed by atoms with Gasteiger partial charge in [-0.25, -0.2) is 14.7 Å². The minimum absolute atomic E-state index is 0.113. The number of aromatic nitrogens is 1. The van der Waals surface area contributed by atoms with E-state index in [4.69, 9.17) is 4.74 Å². The van der Waals surface area contributed by atoms with Gasteiger partial charge >= 0.3 is 5.97 Å². The summed E-state index contributed by atoms with van der Waals surface area (Å²) >= 11 is 0. The van der Waals surface area contributed by atoms with Crippen molar-refractivity contribution in [2.45, 2.75) is 6.42 Å². The van der Waals surface area contributed by atoms with E-state index < -0.39 is 17.7 Å². The summed E-state index contributed by atoms with van der Waals surface area (Å²) in [5.74, 6) is -1.89. The number of amides is 1. The second kappa shape index (κ2) is 9.37. The summed E-state index contributed by atoms with van der Waals surface area (Å²) in [5.41, 5.74) is -0.113. The van der Waals surface area contributed by atoms with Crippen molar-refractivity contribution in [2.24, 2.45) is 0 Å². The van der Waals surface area contributed by atoms with Crippen molar-refractivity contribution >= 4 is 28.4 Å². The third kappa shape index (κ3) is 4.76. The van der Waals surface area contributed by atoms with Crippen molar-refractivity contribution < 1.29 is 29.0 Å². The standard InChI is InChI=1S/C22H17N3O6/c1-30-22(29)18(26)9-10-25(13-23)21(28)20-17-11-15(31-14-5-3-2-4-6-14)7-8-16(17)19(27)12-24-20/h2-8,11-12,27H,9-10H2,1H3. The van der Waals surface area contributed by atoms with Gasteiger partial charge < -0.3 is 14.6 Å². The largest absolute Gasteiger partial charge is 0.506 e. The molecule has 0 aliphatic carbocycles. The maximum Gasteiger partial charge on any atom is 0.374 e. The fourth-order valence-electron chi connectivity index (χ4n) is 2.82. The van der Waals surface area contributed by atoms with Gasteiger partial charge in [0.1, 0.15) is 22.9 Å². The first-order valence-electron chi connectivity index (χ1n) is 9.12. The Balaban J connectivity index is 1.92. The van der Waals surface area contributed by atoms with E-state index in [1.54, 1.807) is 42.6 Å². The van der Waals surface area contributed by atoms with E-state index in [-0.39, 0.29) is 29.8 Å².